The standard InChI is InChI=1S/C16H18N2O3/c1-17-7-9-18-8-3-2-4-15(18)14-6-5-13(20)12-16(14)21-11-10-19/h2-7,9,12,19-20H,1,8,10-11H2/b9-7-. The summed E-state index contributed by atoms with van der Waals surface area (Å²) in [5, 5.41) is 18.5. The molecule has 5 nitrogen and oxygen atoms in total. The van der Waals surface area contributed by atoms with E-state index in [1.54, 1.807) is 18.3 Å². The number of aliphatic hydroxyl groups is 1. The zero-order valence-electron chi connectivity index (χ0n) is 11.6. The van der Waals surface area contributed by atoms with Gasteiger partial charge in [0.2, 0.25) is 0 Å². The van der Waals surface area contributed by atoms with Crippen LogP contribution in [0.25, 0.3) is 5.70 Å². The van der Waals surface area contributed by atoms with Crippen LogP contribution < -0.4 is 4.74 Å². The van der Waals surface area contributed by atoms with E-state index in [2.05, 4.69) is 11.7 Å². The molecule has 0 atom stereocenters. The molecular formula is C16H18N2O3. The number of allylic oxidation sites excluding steroid dienone is 2. The molecular weight excluding hydrogens is 268 g/mol. The lowest BCUT2D eigenvalue weighted by Crippen LogP contribution is -2.18. The van der Waals surface area contributed by atoms with E-state index < -0.39 is 0 Å². The summed E-state index contributed by atoms with van der Waals surface area (Å²) >= 11 is 0. The van der Waals surface area contributed by atoms with E-state index in [1.165, 1.54) is 6.07 Å². The summed E-state index contributed by atoms with van der Waals surface area (Å²) in [5.74, 6) is 0.643. The first-order chi connectivity index (χ1) is 10.3. The van der Waals surface area contributed by atoms with E-state index in [-0.39, 0.29) is 19.0 Å². The van der Waals surface area contributed by atoms with Crippen LogP contribution in [0.15, 0.2) is 53.8 Å². The van der Waals surface area contributed by atoms with Crippen LogP contribution in [0.1, 0.15) is 5.56 Å². The van der Waals surface area contributed by atoms with Crippen LogP contribution in [0.5, 0.6) is 11.5 Å². The van der Waals surface area contributed by atoms with Gasteiger partial charge in [0.15, 0.2) is 0 Å². The Morgan fingerprint density at radius 2 is 2.29 bits per heavy atom. The van der Waals surface area contributed by atoms with Crippen molar-refractivity contribution >= 4 is 12.4 Å². The fraction of sp³-hybridized carbons (Fsp3) is 0.188. The Morgan fingerprint density at radius 1 is 1.43 bits per heavy atom. The number of aliphatic imine (C=N–C) groups is 1. The molecule has 110 valence electrons. The van der Waals surface area contributed by atoms with Crippen molar-refractivity contribution in [1.82, 2.24) is 4.90 Å². The third-order valence-corrected chi connectivity index (χ3v) is 2.94. The van der Waals surface area contributed by atoms with Crippen molar-refractivity contribution in [2.24, 2.45) is 4.99 Å². The Bertz CT molecular complexity index is 591. The van der Waals surface area contributed by atoms with Crippen LogP contribution >= 0.6 is 0 Å². The number of aromatic hydroxyl groups is 1. The molecule has 0 bridgehead atoms. The highest BCUT2D eigenvalue weighted by atomic mass is 16.5. The highest BCUT2D eigenvalue weighted by Gasteiger charge is 2.16. The fourth-order valence-corrected chi connectivity index (χ4v) is 2.04. The van der Waals surface area contributed by atoms with E-state index in [4.69, 9.17) is 9.84 Å². The summed E-state index contributed by atoms with van der Waals surface area (Å²) in [7, 11) is 0. The van der Waals surface area contributed by atoms with Gasteiger partial charge < -0.3 is 19.8 Å². The summed E-state index contributed by atoms with van der Waals surface area (Å²) in [6.07, 6.45) is 9.37. The van der Waals surface area contributed by atoms with Crippen molar-refractivity contribution in [1.29, 1.82) is 0 Å². The Hall–Kier alpha value is -2.53. The summed E-state index contributed by atoms with van der Waals surface area (Å²) in [6, 6.07) is 4.93. The summed E-state index contributed by atoms with van der Waals surface area (Å²) in [4.78, 5) is 5.71. The molecule has 21 heavy (non-hydrogen) atoms. The monoisotopic (exact) mass is 286 g/mol. The van der Waals surface area contributed by atoms with E-state index in [0.29, 0.717) is 12.3 Å². The fourth-order valence-electron chi connectivity index (χ4n) is 2.04. The molecule has 1 aromatic carbocycles. The quantitative estimate of drug-likeness (QED) is 0.786. The maximum atomic E-state index is 9.62. The van der Waals surface area contributed by atoms with E-state index >= 15 is 0 Å². The van der Waals surface area contributed by atoms with Crippen molar-refractivity contribution in [3.63, 3.8) is 0 Å². The number of benzene rings is 1. The first-order valence-corrected chi connectivity index (χ1v) is 6.59. The number of hydrogen-bond donors (Lipinski definition) is 2. The van der Waals surface area contributed by atoms with Crippen molar-refractivity contribution in [2.75, 3.05) is 19.8 Å². The number of rotatable bonds is 6. The predicted octanol–water partition coefficient (Wildman–Crippen LogP) is 2.15. The zero-order valence-corrected chi connectivity index (χ0v) is 11.6. The Balaban J connectivity index is 2.38. The molecule has 0 aromatic heterocycles. The van der Waals surface area contributed by atoms with E-state index in [9.17, 15) is 5.11 Å². The van der Waals surface area contributed by atoms with Gasteiger partial charge >= 0.3 is 0 Å². The first kappa shape index (κ1) is 14.9. The van der Waals surface area contributed by atoms with Gasteiger partial charge in [0, 0.05) is 30.6 Å². The number of ether oxygens (including phenoxy) is 1. The summed E-state index contributed by atoms with van der Waals surface area (Å²) in [6.45, 7) is 4.22. The molecule has 1 heterocycles. The predicted molar refractivity (Wildman–Crippen MR) is 83.2 cm³/mol. The third-order valence-electron chi connectivity index (χ3n) is 2.94. The molecule has 1 aromatic rings. The molecule has 0 spiro atoms. The Labute approximate surface area is 123 Å². The second-order valence-corrected chi connectivity index (χ2v) is 4.37. The van der Waals surface area contributed by atoms with Crippen molar-refractivity contribution in [3.05, 3.63) is 54.4 Å². The number of aliphatic hydroxyl groups excluding tert-OH is 1. The van der Waals surface area contributed by atoms with E-state index in [1.807, 2.05) is 29.3 Å². The minimum atomic E-state index is -0.0853. The molecule has 0 aliphatic carbocycles. The molecule has 0 amide bonds. The van der Waals surface area contributed by atoms with Gasteiger partial charge in [-0.05, 0) is 24.9 Å². The molecule has 2 N–H and O–H groups in total. The zero-order chi connectivity index (χ0) is 15.1. The smallest absolute Gasteiger partial charge is 0.132 e. The normalized spacial score (nSPS) is 14.3. The second kappa shape index (κ2) is 7.31. The molecule has 0 unspecified atom stereocenters. The molecule has 0 saturated heterocycles. The van der Waals surface area contributed by atoms with Gasteiger partial charge in [-0.25, -0.2) is 0 Å². The average Bonchev–Trinajstić information content (AvgIpc) is 2.51. The van der Waals surface area contributed by atoms with Gasteiger partial charge in [-0.1, -0.05) is 12.2 Å². The molecule has 2 rings (SSSR count). The minimum Gasteiger partial charge on any atom is -0.508 e. The highest BCUT2D eigenvalue weighted by Crippen LogP contribution is 2.33. The maximum absolute atomic E-state index is 9.62. The van der Waals surface area contributed by atoms with E-state index in [0.717, 1.165) is 11.3 Å². The van der Waals surface area contributed by atoms with Crippen molar-refractivity contribution in [3.8, 4) is 11.5 Å². The van der Waals surface area contributed by atoms with Gasteiger partial charge in [-0.2, -0.15) is 0 Å². The van der Waals surface area contributed by atoms with Gasteiger partial charge in [-0.15, -0.1) is 0 Å². The lowest BCUT2D eigenvalue weighted by atomic mass is 10.1. The van der Waals surface area contributed by atoms with Gasteiger partial charge in [0.05, 0.1) is 12.3 Å². The number of nitrogens with zero attached hydrogens (tertiary/aromatic N) is 2. The number of hydrogen-bond acceptors (Lipinski definition) is 5. The molecule has 5 heteroatoms. The minimum absolute atomic E-state index is 0.0853. The van der Waals surface area contributed by atoms with Crippen LogP contribution in [-0.4, -0.2) is 41.6 Å². The lowest BCUT2D eigenvalue weighted by Gasteiger charge is -2.26. The number of phenolic OH excluding ortho intramolecular Hbond substituents is 1. The topological polar surface area (TPSA) is 65.3 Å². The molecule has 0 fully saturated rings. The van der Waals surface area contributed by atoms with Crippen LogP contribution in [0, 0.1) is 0 Å². The van der Waals surface area contributed by atoms with Crippen LogP contribution in [0.2, 0.25) is 0 Å². The van der Waals surface area contributed by atoms with Crippen LogP contribution in [0.4, 0.5) is 0 Å². The van der Waals surface area contributed by atoms with Gasteiger partial charge in [0.25, 0.3) is 0 Å². The number of phenols is 1. The van der Waals surface area contributed by atoms with Crippen molar-refractivity contribution in [2.45, 2.75) is 0 Å². The second-order valence-electron chi connectivity index (χ2n) is 4.37. The van der Waals surface area contributed by atoms with Gasteiger partial charge in [0.1, 0.15) is 18.1 Å². The lowest BCUT2D eigenvalue weighted by molar-refractivity contribution is 0.200. The van der Waals surface area contributed by atoms with Crippen LogP contribution in [-0.2, 0) is 0 Å². The molecule has 0 saturated carbocycles. The SMILES string of the molecule is C=N/C=C\N1CC=CC=C1c1ccc(O)cc1OCCO. The molecule has 0 radical (unpaired) electrons. The Morgan fingerprint density at radius 3 is 3.05 bits per heavy atom. The summed E-state index contributed by atoms with van der Waals surface area (Å²) < 4.78 is 5.51. The largest absolute Gasteiger partial charge is 0.508 e. The average molecular weight is 286 g/mol. The van der Waals surface area contributed by atoms with Gasteiger partial charge in [-0.3, -0.25) is 4.99 Å². The maximum Gasteiger partial charge on any atom is 0.132 e. The highest BCUT2D eigenvalue weighted by molar-refractivity contribution is 5.73. The molecule has 1 aliphatic rings. The first-order valence-electron chi connectivity index (χ1n) is 6.59. The molecule has 1 aliphatic heterocycles. The Kier molecular flexibility index (Phi) is 5.17. The summed E-state index contributed by atoms with van der Waals surface area (Å²) in [5.41, 5.74) is 1.75. The van der Waals surface area contributed by atoms with Crippen molar-refractivity contribution < 1.29 is 14.9 Å². The van der Waals surface area contributed by atoms with Crippen LogP contribution in [0.3, 0.4) is 0 Å². The third kappa shape index (κ3) is 3.73.